The second-order valence-corrected chi connectivity index (χ2v) is 12.2. The second kappa shape index (κ2) is 11.5. The van der Waals surface area contributed by atoms with Crippen LogP contribution in [-0.2, 0) is 25.8 Å². The molecule has 0 radical (unpaired) electrons. The van der Waals surface area contributed by atoms with Crippen LogP contribution in [0.3, 0.4) is 0 Å². The maximum atomic E-state index is 3.75. The fraction of sp³-hybridized carbons (Fsp3) is 0.286. The first-order valence-electron chi connectivity index (χ1n) is 10.6. The van der Waals surface area contributed by atoms with E-state index in [1.807, 2.05) is 0 Å². The Morgan fingerprint density at radius 1 is 0.594 bits per heavy atom. The van der Waals surface area contributed by atoms with Gasteiger partial charge in [-0.15, -0.1) is 0 Å². The van der Waals surface area contributed by atoms with Gasteiger partial charge >= 0.3 is 25.8 Å². The van der Waals surface area contributed by atoms with E-state index in [1.54, 1.807) is 10.4 Å². The average Bonchev–Trinajstić information content (AvgIpc) is 3.13. The Kier molecular flexibility index (Phi) is 10.4. The Morgan fingerprint density at radius 3 is 1.16 bits per heavy atom. The third kappa shape index (κ3) is 4.53. The molecule has 4 heteroatoms. The van der Waals surface area contributed by atoms with Crippen LogP contribution >= 0.6 is 0 Å². The van der Waals surface area contributed by atoms with Crippen LogP contribution in [0.5, 0.6) is 0 Å². The van der Waals surface area contributed by atoms with Crippen LogP contribution in [-0.4, -0.2) is 8.07 Å². The zero-order chi connectivity index (χ0) is 20.8. The molecule has 2 unspecified atom stereocenters. The minimum atomic E-state index is -2.46. The third-order valence-electron chi connectivity index (χ3n) is 6.87. The van der Waals surface area contributed by atoms with Crippen LogP contribution in [0.15, 0.2) is 93.3 Å². The zero-order valence-electron chi connectivity index (χ0n) is 19.7. The van der Waals surface area contributed by atoms with Gasteiger partial charge in [0.2, 0.25) is 0 Å². The average molecular weight is 644 g/mol. The van der Waals surface area contributed by atoms with Gasteiger partial charge in [0.25, 0.3) is 0 Å². The van der Waals surface area contributed by atoms with Crippen molar-refractivity contribution in [2.24, 2.45) is 11.8 Å². The zero-order valence-corrected chi connectivity index (χ0v) is 25.8. The molecule has 0 nitrogen and oxygen atoms in total. The number of hydrogen-bond donors (Lipinski definition) is 0. The minimum Gasteiger partial charge on any atom is -1.00 e. The first-order chi connectivity index (χ1) is 13.9. The van der Waals surface area contributed by atoms with Gasteiger partial charge in [-0.2, -0.15) is 21.5 Å². The molecule has 0 N–H and O–H groups in total. The van der Waals surface area contributed by atoms with Crippen molar-refractivity contribution < 1.29 is 50.7 Å². The minimum absolute atomic E-state index is 0. The van der Waals surface area contributed by atoms with Crippen LogP contribution in [0.2, 0.25) is 0 Å². The number of benzene rings is 2. The molecule has 164 valence electrons. The summed E-state index contributed by atoms with van der Waals surface area (Å²) in [6, 6.07) is 22.5. The Bertz CT molecular complexity index is 978. The van der Waals surface area contributed by atoms with Crippen molar-refractivity contribution in [1.82, 2.24) is 0 Å². The molecule has 0 saturated heterocycles. The van der Waals surface area contributed by atoms with Gasteiger partial charge in [0.05, 0.1) is 0 Å². The van der Waals surface area contributed by atoms with E-state index in [-0.39, 0.29) is 50.7 Å². The molecule has 0 aromatic heterocycles. The van der Waals surface area contributed by atoms with E-state index < -0.39 is 8.07 Å². The molecule has 2 aromatic carbocycles. The van der Waals surface area contributed by atoms with Crippen molar-refractivity contribution >= 4 is 18.4 Å². The Morgan fingerprint density at radius 2 is 0.906 bits per heavy atom. The first kappa shape index (κ1) is 29.1. The summed E-state index contributed by atoms with van der Waals surface area (Å²) in [5, 5.41) is 6.01. The van der Waals surface area contributed by atoms with Crippen LogP contribution in [0.4, 0.5) is 0 Å². The van der Waals surface area contributed by atoms with E-state index in [0.29, 0.717) is 11.8 Å². The monoisotopic (exact) mass is 644 g/mol. The Balaban J connectivity index is 0.00000171. The molecule has 0 spiro atoms. The summed E-state index contributed by atoms with van der Waals surface area (Å²) in [4.78, 5) is 0. The molecule has 4 rings (SSSR count). The van der Waals surface area contributed by atoms with Crippen LogP contribution < -0.4 is 35.2 Å². The van der Waals surface area contributed by atoms with E-state index in [0.717, 1.165) is 0 Å². The van der Waals surface area contributed by atoms with Gasteiger partial charge in [0, 0.05) is 8.07 Å². The fourth-order valence-corrected chi connectivity index (χ4v) is 11.4. The van der Waals surface area contributed by atoms with E-state index in [9.17, 15) is 0 Å². The second-order valence-electron chi connectivity index (χ2n) is 8.58. The summed E-state index contributed by atoms with van der Waals surface area (Å²) in [6.07, 6.45) is 7.50. The third-order valence-corrected chi connectivity index (χ3v) is 12.3. The maximum absolute atomic E-state index is 3.75. The topological polar surface area (TPSA) is 0 Å². The van der Waals surface area contributed by atoms with Gasteiger partial charge in [0.1, 0.15) is 0 Å². The van der Waals surface area contributed by atoms with Crippen LogP contribution in [0, 0.1) is 24.0 Å². The van der Waals surface area contributed by atoms with Gasteiger partial charge in [-0.05, 0) is 0 Å². The normalized spacial score (nSPS) is 20.2. The maximum Gasteiger partial charge on any atom is 4.00 e. The predicted octanol–water partition coefficient (Wildman–Crippen LogP) is -0.235. The molecular weight excluding hydrogens is 614 g/mol. The molecular formula is C28H30Cl2HfSi. The molecule has 2 atom stereocenters. The van der Waals surface area contributed by atoms with Gasteiger partial charge in [-0.1, -0.05) is 124 Å². The molecule has 0 saturated carbocycles. The summed E-state index contributed by atoms with van der Waals surface area (Å²) in [5.74, 6) is 0.745. The Hall–Kier alpha value is -0.933. The van der Waals surface area contributed by atoms with Crippen molar-refractivity contribution in [3.63, 3.8) is 0 Å². The number of rotatable bonds is 4. The van der Waals surface area contributed by atoms with Gasteiger partial charge in [-0.25, -0.2) is 11.1 Å². The quantitative estimate of drug-likeness (QED) is 0.319. The van der Waals surface area contributed by atoms with Crippen molar-refractivity contribution in [2.75, 3.05) is 0 Å². The van der Waals surface area contributed by atoms with Crippen molar-refractivity contribution in [3.8, 4) is 0 Å². The molecule has 2 aromatic rings. The molecule has 0 fully saturated rings. The van der Waals surface area contributed by atoms with Crippen molar-refractivity contribution in [1.29, 1.82) is 0 Å². The summed E-state index contributed by atoms with van der Waals surface area (Å²) in [7, 11) is -2.46. The largest absolute Gasteiger partial charge is 4.00 e. The van der Waals surface area contributed by atoms with Crippen LogP contribution in [0.25, 0.3) is 0 Å². The Labute approximate surface area is 226 Å². The van der Waals surface area contributed by atoms with E-state index in [1.165, 1.54) is 32.7 Å². The van der Waals surface area contributed by atoms with E-state index in [4.69, 9.17) is 0 Å². The number of halogens is 2. The van der Waals surface area contributed by atoms with Gasteiger partial charge in [0.15, 0.2) is 0 Å². The van der Waals surface area contributed by atoms with Crippen LogP contribution in [0.1, 0.15) is 41.5 Å². The SMILES string of the molecule is CC1=[C-]C(C)C(C)=C1[Si](C1=C(C)C(C)[C-]=C1C)(c1ccccc1)c1ccccc1.[Cl-].[Cl-].[Hf+4]. The molecule has 2 aliphatic carbocycles. The van der Waals surface area contributed by atoms with E-state index >= 15 is 0 Å². The summed E-state index contributed by atoms with van der Waals surface area (Å²) in [6.45, 7) is 13.8. The number of allylic oxidation sites excluding steroid dienone is 8. The number of hydrogen-bond acceptors (Lipinski definition) is 0. The van der Waals surface area contributed by atoms with Crippen molar-refractivity contribution in [3.05, 3.63) is 106 Å². The predicted molar refractivity (Wildman–Crippen MR) is 126 cm³/mol. The standard InChI is InChI=1S/C28H30Si.2ClH.Hf/c1-19-17-21(3)27(23(19)5)29(25-13-9-7-10-14-25,26-15-11-8-12-16-26)28-22(4)18-20(2)24(28)6;;;/h7-16,19-20H,1-6H3;2*1H;/q-2;;;+4/p-2. The summed E-state index contributed by atoms with van der Waals surface area (Å²) in [5.41, 5.74) is 5.63. The van der Waals surface area contributed by atoms with Crippen molar-refractivity contribution in [2.45, 2.75) is 41.5 Å². The molecule has 0 heterocycles. The van der Waals surface area contributed by atoms with Gasteiger partial charge in [-0.3, -0.25) is 12.2 Å². The summed E-state index contributed by atoms with van der Waals surface area (Å²) < 4.78 is 0. The van der Waals surface area contributed by atoms with Gasteiger partial charge < -0.3 is 24.8 Å². The molecule has 2 aliphatic rings. The molecule has 0 amide bonds. The first-order valence-corrected chi connectivity index (χ1v) is 12.6. The smallest absolute Gasteiger partial charge is 1.00 e. The fourth-order valence-electron chi connectivity index (χ4n) is 5.43. The molecule has 32 heavy (non-hydrogen) atoms. The molecule has 0 aliphatic heterocycles. The van der Waals surface area contributed by atoms with E-state index in [2.05, 4.69) is 114 Å². The molecule has 0 bridgehead atoms. The summed E-state index contributed by atoms with van der Waals surface area (Å²) >= 11 is 0.